The van der Waals surface area contributed by atoms with Crippen LogP contribution in [0.15, 0.2) is 47.7 Å². The van der Waals surface area contributed by atoms with Gasteiger partial charge in [0.15, 0.2) is 5.96 Å². The average molecular weight is 469 g/mol. The molecule has 0 bridgehead atoms. The van der Waals surface area contributed by atoms with E-state index in [1.807, 2.05) is 29.1 Å². The van der Waals surface area contributed by atoms with Crippen LogP contribution in [0.3, 0.4) is 0 Å². The number of aromatic nitrogens is 2. The Morgan fingerprint density at radius 1 is 1.38 bits per heavy atom. The molecule has 0 saturated heterocycles. The third-order valence-corrected chi connectivity index (χ3v) is 4.31. The van der Waals surface area contributed by atoms with Crippen molar-refractivity contribution >= 4 is 29.9 Å². The van der Waals surface area contributed by atoms with E-state index < -0.39 is 0 Å². The van der Waals surface area contributed by atoms with Crippen molar-refractivity contribution in [1.29, 1.82) is 0 Å². The van der Waals surface area contributed by atoms with Crippen molar-refractivity contribution < 1.29 is 4.74 Å². The largest absolute Gasteiger partial charge is 0.379 e. The highest BCUT2D eigenvalue weighted by Gasteiger charge is 2.20. The smallest absolute Gasteiger partial charge is 0.191 e. The Labute approximate surface area is 172 Å². The minimum atomic E-state index is 0. The van der Waals surface area contributed by atoms with Crippen LogP contribution in [0.2, 0.25) is 0 Å². The molecule has 1 heterocycles. The van der Waals surface area contributed by atoms with E-state index in [4.69, 9.17) is 4.74 Å². The number of rotatable bonds is 8. The minimum Gasteiger partial charge on any atom is -0.379 e. The topological polar surface area (TPSA) is 63.5 Å². The van der Waals surface area contributed by atoms with Gasteiger partial charge in [-0.05, 0) is 49.4 Å². The quantitative estimate of drug-likeness (QED) is 0.270. The molecule has 0 spiro atoms. The molecule has 1 aliphatic rings. The highest BCUT2D eigenvalue weighted by molar-refractivity contribution is 14.0. The summed E-state index contributed by atoms with van der Waals surface area (Å²) in [6, 6.07) is 10.4. The normalized spacial score (nSPS) is 15.2. The molecule has 1 aliphatic carbocycles. The van der Waals surface area contributed by atoms with Gasteiger partial charge in [0.05, 0.1) is 18.3 Å². The van der Waals surface area contributed by atoms with E-state index in [-0.39, 0.29) is 30.0 Å². The predicted octanol–water partition coefficient (Wildman–Crippen LogP) is 3.14. The molecule has 0 amide bonds. The highest BCUT2D eigenvalue weighted by atomic mass is 127. The monoisotopic (exact) mass is 469 g/mol. The van der Waals surface area contributed by atoms with E-state index in [9.17, 15) is 0 Å². The molecule has 1 atom stereocenters. The summed E-state index contributed by atoms with van der Waals surface area (Å²) in [5, 5.41) is 11.0. The Kier molecular flexibility index (Phi) is 8.37. The zero-order chi connectivity index (χ0) is 17.5. The van der Waals surface area contributed by atoms with Gasteiger partial charge in [-0.2, -0.15) is 5.10 Å². The van der Waals surface area contributed by atoms with E-state index in [1.54, 1.807) is 13.2 Å². The van der Waals surface area contributed by atoms with Crippen molar-refractivity contribution in [2.24, 2.45) is 10.9 Å². The molecular weight excluding hydrogens is 441 g/mol. The van der Waals surface area contributed by atoms with E-state index in [0.717, 1.165) is 30.7 Å². The Morgan fingerprint density at radius 2 is 2.23 bits per heavy atom. The maximum absolute atomic E-state index is 5.64. The van der Waals surface area contributed by atoms with Gasteiger partial charge < -0.3 is 15.4 Å². The fourth-order valence-corrected chi connectivity index (χ4v) is 2.62. The van der Waals surface area contributed by atoms with Crippen molar-refractivity contribution in [3.05, 3.63) is 48.3 Å². The average Bonchev–Trinajstić information content (AvgIpc) is 3.30. The number of hydrogen-bond donors (Lipinski definition) is 2. The Bertz CT molecular complexity index is 685. The van der Waals surface area contributed by atoms with E-state index in [1.165, 1.54) is 18.4 Å². The molecule has 26 heavy (non-hydrogen) atoms. The number of hydrogen-bond acceptors (Lipinski definition) is 3. The van der Waals surface area contributed by atoms with Crippen LogP contribution >= 0.6 is 24.0 Å². The molecule has 1 aromatic heterocycles. The van der Waals surface area contributed by atoms with Gasteiger partial charge in [-0.1, -0.05) is 12.1 Å². The van der Waals surface area contributed by atoms with Crippen LogP contribution in [0.4, 0.5) is 0 Å². The molecule has 3 rings (SSSR count). The van der Waals surface area contributed by atoms with Gasteiger partial charge in [-0.3, -0.25) is 4.99 Å². The second-order valence-corrected chi connectivity index (χ2v) is 6.43. The van der Waals surface area contributed by atoms with Crippen molar-refractivity contribution in [2.45, 2.75) is 25.8 Å². The van der Waals surface area contributed by atoms with Gasteiger partial charge in [0.1, 0.15) is 0 Å². The molecule has 7 heteroatoms. The maximum atomic E-state index is 5.64. The first kappa shape index (κ1) is 20.7. The SMILES string of the molecule is CN=C(NCCOCC1CC1)NC(C)c1cccc(-n2cccn2)c1.I. The zero-order valence-corrected chi connectivity index (χ0v) is 17.7. The van der Waals surface area contributed by atoms with Crippen LogP contribution < -0.4 is 10.6 Å². The maximum Gasteiger partial charge on any atom is 0.191 e. The van der Waals surface area contributed by atoms with E-state index in [2.05, 4.69) is 39.8 Å². The second kappa shape index (κ2) is 10.5. The van der Waals surface area contributed by atoms with Gasteiger partial charge in [-0.15, -0.1) is 24.0 Å². The fraction of sp³-hybridized carbons (Fsp3) is 0.474. The summed E-state index contributed by atoms with van der Waals surface area (Å²) < 4.78 is 7.51. The number of aliphatic imine (C=N–C) groups is 1. The lowest BCUT2D eigenvalue weighted by molar-refractivity contribution is 0.129. The summed E-state index contributed by atoms with van der Waals surface area (Å²) in [6.07, 6.45) is 6.38. The fourth-order valence-electron chi connectivity index (χ4n) is 2.62. The highest BCUT2D eigenvalue weighted by Crippen LogP contribution is 2.28. The lowest BCUT2D eigenvalue weighted by Gasteiger charge is -2.19. The molecule has 6 nitrogen and oxygen atoms in total. The predicted molar refractivity (Wildman–Crippen MR) is 115 cm³/mol. The Morgan fingerprint density at radius 3 is 2.92 bits per heavy atom. The number of guanidine groups is 1. The van der Waals surface area contributed by atoms with Crippen LogP contribution in [-0.4, -0.2) is 42.5 Å². The van der Waals surface area contributed by atoms with Crippen LogP contribution in [0.5, 0.6) is 0 Å². The minimum absolute atomic E-state index is 0. The third kappa shape index (κ3) is 6.28. The first-order chi connectivity index (χ1) is 12.3. The molecule has 1 saturated carbocycles. The number of nitrogens with one attached hydrogen (secondary N) is 2. The van der Waals surface area contributed by atoms with Crippen LogP contribution in [0.1, 0.15) is 31.4 Å². The van der Waals surface area contributed by atoms with Gasteiger partial charge in [-0.25, -0.2) is 4.68 Å². The van der Waals surface area contributed by atoms with Crippen LogP contribution in [-0.2, 0) is 4.74 Å². The van der Waals surface area contributed by atoms with Crippen molar-refractivity contribution in [2.75, 3.05) is 26.8 Å². The summed E-state index contributed by atoms with van der Waals surface area (Å²) in [5.41, 5.74) is 2.23. The number of ether oxygens (including phenoxy) is 1. The molecule has 2 N–H and O–H groups in total. The lowest BCUT2D eigenvalue weighted by Crippen LogP contribution is -2.40. The first-order valence-corrected chi connectivity index (χ1v) is 8.91. The van der Waals surface area contributed by atoms with E-state index in [0.29, 0.717) is 6.61 Å². The molecule has 1 fully saturated rings. The van der Waals surface area contributed by atoms with Crippen molar-refractivity contribution in [1.82, 2.24) is 20.4 Å². The molecule has 0 aliphatic heterocycles. The van der Waals surface area contributed by atoms with Gasteiger partial charge in [0.25, 0.3) is 0 Å². The Balaban J connectivity index is 0.00000243. The molecule has 2 aromatic rings. The summed E-state index contributed by atoms with van der Waals surface area (Å²) in [5.74, 6) is 1.59. The molecule has 0 radical (unpaired) electrons. The van der Waals surface area contributed by atoms with Gasteiger partial charge in [0.2, 0.25) is 0 Å². The van der Waals surface area contributed by atoms with Crippen molar-refractivity contribution in [3.8, 4) is 5.69 Å². The first-order valence-electron chi connectivity index (χ1n) is 8.91. The molecular formula is C19H28IN5O. The van der Waals surface area contributed by atoms with Gasteiger partial charge in [0, 0.05) is 32.6 Å². The number of benzene rings is 1. The summed E-state index contributed by atoms with van der Waals surface area (Å²) in [7, 11) is 1.78. The molecule has 1 aromatic carbocycles. The second-order valence-electron chi connectivity index (χ2n) is 6.43. The van der Waals surface area contributed by atoms with Crippen LogP contribution in [0.25, 0.3) is 5.69 Å². The molecule has 142 valence electrons. The summed E-state index contributed by atoms with van der Waals surface area (Å²) in [6.45, 7) is 4.48. The Hall–Kier alpha value is -1.61. The standard InChI is InChI=1S/C19H27N5O.HI/c1-15(17-5-3-6-18(13-17)24-11-4-9-22-24)23-19(20-2)21-10-12-25-14-16-7-8-16;/h3-6,9,11,13,15-16H,7-8,10,12,14H2,1-2H3,(H2,20,21,23);1H. The third-order valence-electron chi connectivity index (χ3n) is 4.31. The zero-order valence-electron chi connectivity index (χ0n) is 15.4. The van der Waals surface area contributed by atoms with E-state index >= 15 is 0 Å². The number of halogens is 1. The van der Waals surface area contributed by atoms with Crippen LogP contribution in [0, 0.1) is 5.92 Å². The molecule has 1 unspecified atom stereocenters. The lowest BCUT2D eigenvalue weighted by atomic mass is 10.1. The van der Waals surface area contributed by atoms with Gasteiger partial charge >= 0.3 is 0 Å². The van der Waals surface area contributed by atoms with Crippen molar-refractivity contribution in [3.63, 3.8) is 0 Å². The number of nitrogens with zero attached hydrogens (tertiary/aromatic N) is 3. The summed E-state index contributed by atoms with van der Waals surface area (Å²) in [4.78, 5) is 4.29. The summed E-state index contributed by atoms with van der Waals surface area (Å²) >= 11 is 0.